The van der Waals surface area contributed by atoms with Crippen molar-refractivity contribution in [2.24, 2.45) is 0 Å². The Morgan fingerprint density at radius 2 is 2.10 bits per heavy atom. The van der Waals surface area contributed by atoms with Gasteiger partial charge in [-0.15, -0.1) is 0 Å². The lowest BCUT2D eigenvalue weighted by Gasteiger charge is -2.04. The molecule has 0 spiro atoms. The zero-order valence-electron chi connectivity index (χ0n) is 5.42. The first-order chi connectivity index (χ1) is 4.84. The monoisotopic (exact) mass is 253 g/mol. The fourth-order valence-corrected chi connectivity index (χ4v) is 1.34. The summed E-state index contributed by atoms with van der Waals surface area (Å²) in [6.07, 6.45) is 0. The van der Waals surface area contributed by atoms with E-state index in [2.05, 4.69) is 27.4 Å². The molecule has 0 bridgehead atoms. The third-order valence-corrected chi connectivity index (χ3v) is 2.51. The molecular weight excluding hydrogens is 245 g/mol. The summed E-state index contributed by atoms with van der Waals surface area (Å²) in [5.74, 6) is 0. The van der Waals surface area contributed by atoms with E-state index in [1.807, 2.05) is 0 Å². The largest absolute Gasteiger partial charge is 0.354 e. The zero-order chi connectivity index (χ0) is 7.40. The SMILES string of the molecule is [C-]#[N+]C1COCOCC1I. The molecule has 1 rings (SSSR count). The summed E-state index contributed by atoms with van der Waals surface area (Å²) >= 11 is 2.22. The molecule has 4 heteroatoms. The van der Waals surface area contributed by atoms with Gasteiger partial charge >= 0.3 is 0 Å². The number of hydrogen-bond acceptors (Lipinski definition) is 2. The van der Waals surface area contributed by atoms with Crippen LogP contribution in [0.4, 0.5) is 0 Å². The van der Waals surface area contributed by atoms with Crippen molar-refractivity contribution in [3.05, 3.63) is 11.4 Å². The number of alkyl halides is 1. The number of ether oxygens (including phenoxy) is 2. The van der Waals surface area contributed by atoms with Gasteiger partial charge in [-0.2, -0.15) is 0 Å². The first kappa shape index (κ1) is 8.24. The summed E-state index contributed by atoms with van der Waals surface area (Å²) in [4.78, 5) is 3.43. The van der Waals surface area contributed by atoms with Crippen LogP contribution in [0.5, 0.6) is 0 Å². The van der Waals surface area contributed by atoms with Crippen molar-refractivity contribution in [3.8, 4) is 0 Å². The van der Waals surface area contributed by atoms with Crippen molar-refractivity contribution in [2.75, 3.05) is 20.0 Å². The van der Waals surface area contributed by atoms with Crippen LogP contribution < -0.4 is 0 Å². The maximum absolute atomic E-state index is 6.81. The van der Waals surface area contributed by atoms with Gasteiger partial charge in [-0.25, -0.2) is 6.57 Å². The van der Waals surface area contributed by atoms with Crippen LogP contribution in [-0.2, 0) is 9.47 Å². The topological polar surface area (TPSA) is 22.8 Å². The second kappa shape index (κ2) is 4.11. The standard InChI is InChI=1S/C6H8INO2/c1-8-6-3-10-4-9-2-5(6)7/h5-6H,2-4H2. The molecule has 0 aromatic carbocycles. The molecule has 2 unspecified atom stereocenters. The smallest absolute Gasteiger partial charge is 0.260 e. The van der Waals surface area contributed by atoms with Gasteiger partial charge in [0.1, 0.15) is 17.3 Å². The van der Waals surface area contributed by atoms with E-state index in [1.165, 1.54) is 0 Å². The molecule has 56 valence electrons. The van der Waals surface area contributed by atoms with E-state index in [0.29, 0.717) is 20.0 Å². The van der Waals surface area contributed by atoms with Crippen LogP contribution in [0.3, 0.4) is 0 Å². The highest BCUT2D eigenvalue weighted by molar-refractivity contribution is 14.1. The van der Waals surface area contributed by atoms with E-state index in [0.717, 1.165) is 0 Å². The summed E-state index contributed by atoms with van der Waals surface area (Å²) in [5, 5.41) is 0. The van der Waals surface area contributed by atoms with Crippen LogP contribution in [0, 0.1) is 6.57 Å². The third kappa shape index (κ3) is 2.08. The third-order valence-electron chi connectivity index (χ3n) is 1.32. The maximum Gasteiger partial charge on any atom is 0.260 e. The van der Waals surface area contributed by atoms with Crippen LogP contribution >= 0.6 is 22.6 Å². The van der Waals surface area contributed by atoms with Gasteiger partial charge in [0.25, 0.3) is 6.04 Å². The van der Waals surface area contributed by atoms with Gasteiger partial charge in [-0.05, 0) is 0 Å². The van der Waals surface area contributed by atoms with Crippen LogP contribution in [0.2, 0.25) is 0 Å². The second-order valence-electron chi connectivity index (χ2n) is 2.07. The minimum absolute atomic E-state index is 0.0249. The summed E-state index contributed by atoms with van der Waals surface area (Å²) in [6.45, 7) is 8.29. The fraction of sp³-hybridized carbons (Fsp3) is 0.833. The summed E-state index contributed by atoms with van der Waals surface area (Å²) in [6, 6.07) is -0.0249. The molecule has 0 aromatic heterocycles. The summed E-state index contributed by atoms with van der Waals surface area (Å²) in [7, 11) is 0. The molecule has 0 aromatic rings. The average molecular weight is 253 g/mol. The van der Waals surface area contributed by atoms with Crippen LogP contribution in [0.1, 0.15) is 0 Å². The number of nitrogens with zero attached hydrogens (tertiary/aromatic N) is 1. The Bertz CT molecular complexity index is 145. The quantitative estimate of drug-likeness (QED) is 0.366. The highest BCUT2D eigenvalue weighted by Gasteiger charge is 2.26. The number of hydrogen-bond donors (Lipinski definition) is 0. The van der Waals surface area contributed by atoms with E-state index in [-0.39, 0.29) is 9.97 Å². The minimum Gasteiger partial charge on any atom is -0.354 e. The Morgan fingerprint density at radius 1 is 1.40 bits per heavy atom. The first-order valence-corrected chi connectivity index (χ1v) is 4.25. The molecule has 3 nitrogen and oxygen atoms in total. The molecule has 1 heterocycles. The van der Waals surface area contributed by atoms with Gasteiger partial charge < -0.3 is 14.3 Å². The summed E-state index contributed by atoms with van der Waals surface area (Å²) in [5.41, 5.74) is 0. The number of rotatable bonds is 0. The van der Waals surface area contributed by atoms with E-state index < -0.39 is 0 Å². The Kier molecular flexibility index (Phi) is 3.39. The van der Waals surface area contributed by atoms with E-state index in [1.54, 1.807) is 0 Å². The van der Waals surface area contributed by atoms with Crippen LogP contribution in [0.15, 0.2) is 0 Å². The lowest BCUT2D eigenvalue weighted by molar-refractivity contribution is -0.0315. The second-order valence-corrected chi connectivity index (χ2v) is 3.67. The Balaban J connectivity index is 2.45. The first-order valence-electron chi connectivity index (χ1n) is 3.00. The Labute approximate surface area is 73.6 Å². The van der Waals surface area contributed by atoms with Gasteiger partial charge in [-0.3, -0.25) is 0 Å². The lowest BCUT2D eigenvalue weighted by Crippen LogP contribution is -2.22. The lowest BCUT2D eigenvalue weighted by atomic mass is 10.2. The Hall–Kier alpha value is 0.140. The molecule has 1 aliphatic rings. The van der Waals surface area contributed by atoms with Crippen LogP contribution in [0.25, 0.3) is 4.85 Å². The fourth-order valence-electron chi connectivity index (χ4n) is 0.722. The highest BCUT2D eigenvalue weighted by atomic mass is 127. The molecule has 0 N–H and O–H groups in total. The predicted octanol–water partition coefficient (Wildman–Crippen LogP) is 1.08. The molecule has 0 aliphatic carbocycles. The van der Waals surface area contributed by atoms with Crippen LogP contribution in [-0.4, -0.2) is 30.0 Å². The van der Waals surface area contributed by atoms with Crippen molar-refractivity contribution in [1.29, 1.82) is 0 Å². The molecule has 0 amide bonds. The average Bonchev–Trinajstić information content (AvgIpc) is 2.13. The Morgan fingerprint density at radius 3 is 2.80 bits per heavy atom. The van der Waals surface area contributed by atoms with Crippen molar-refractivity contribution in [3.63, 3.8) is 0 Å². The van der Waals surface area contributed by atoms with Crippen molar-refractivity contribution < 1.29 is 9.47 Å². The molecule has 1 fully saturated rings. The van der Waals surface area contributed by atoms with Crippen molar-refractivity contribution in [2.45, 2.75) is 9.97 Å². The van der Waals surface area contributed by atoms with Gasteiger partial charge in [0.2, 0.25) is 0 Å². The molecule has 1 saturated heterocycles. The summed E-state index contributed by atoms with van der Waals surface area (Å²) < 4.78 is 10.4. The van der Waals surface area contributed by atoms with E-state index >= 15 is 0 Å². The van der Waals surface area contributed by atoms with Crippen molar-refractivity contribution >= 4 is 22.6 Å². The predicted molar refractivity (Wildman–Crippen MR) is 45.0 cm³/mol. The highest BCUT2D eigenvalue weighted by Crippen LogP contribution is 2.14. The molecular formula is C6H8INO2. The zero-order valence-corrected chi connectivity index (χ0v) is 7.58. The van der Waals surface area contributed by atoms with Gasteiger partial charge in [0.05, 0.1) is 6.61 Å². The van der Waals surface area contributed by atoms with Gasteiger partial charge in [-0.1, -0.05) is 22.6 Å². The van der Waals surface area contributed by atoms with Gasteiger partial charge in [0, 0.05) is 0 Å². The molecule has 10 heavy (non-hydrogen) atoms. The normalized spacial score (nSPS) is 34.4. The maximum atomic E-state index is 6.81. The molecule has 0 radical (unpaired) electrons. The number of halogens is 1. The van der Waals surface area contributed by atoms with E-state index in [4.69, 9.17) is 16.0 Å². The van der Waals surface area contributed by atoms with Gasteiger partial charge in [0.15, 0.2) is 0 Å². The van der Waals surface area contributed by atoms with Crippen molar-refractivity contribution in [1.82, 2.24) is 0 Å². The molecule has 0 saturated carbocycles. The molecule has 2 atom stereocenters. The minimum atomic E-state index is -0.0249. The van der Waals surface area contributed by atoms with E-state index in [9.17, 15) is 0 Å². The molecule has 1 aliphatic heterocycles.